The number of nitrogens with one attached hydrogen (secondary N) is 1. The van der Waals surface area contributed by atoms with E-state index in [-0.39, 0.29) is 11.1 Å². The third-order valence-corrected chi connectivity index (χ3v) is 3.41. The predicted octanol–water partition coefficient (Wildman–Crippen LogP) is 3.37. The lowest BCUT2D eigenvalue weighted by atomic mass is 9.99. The van der Waals surface area contributed by atoms with Gasteiger partial charge in [0.05, 0.1) is 5.02 Å². The molecule has 0 heterocycles. The maximum atomic E-state index is 13.4. The van der Waals surface area contributed by atoms with E-state index < -0.39 is 17.5 Å². The zero-order valence-corrected chi connectivity index (χ0v) is 11.8. The van der Waals surface area contributed by atoms with Crippen molar-refractivity contribution in [2.24, 2.45) is 5.84 Å². The van der Waals surface area contributed by atoms with Crippen molar-refractivity contribution in [1.29, 1.82) is 0 Å². The highest BCUT2D eigenvalue weighted by molar-refractivity contribution is 6.30. The van der Waals surface area contributed by atoms with E-state index in [1.807, 2.05) is 0 Å². The number of nitrogens with two attached hydrogens (primary N) is 1. The Morgan fingerprint density at radius 2 is 1.57 bits per heavy atom. The predicted molar refractivity (Wildman–Crippen MR) is 76.3 cm³/mol. The zero-order chi connectivity index (χ0) is 15.4. The van der Waals surface area contributed by atoms with Gasteiger partial charge in [-0.2, -0.15) is 0 Å². The molecule has 0 amide bonds. The molecule has 0 aliphatic carbocycles. The molecular formula is C15H14ClF3N2. The molecule has 0 saturated heterocycles. The second-order valence-electron chi connectivity index (χ2n) is 4.80. The van der Waals surface area contributed by atoms with Gasteiger partial charge in [-0.25, -0.2) is 13.2 Å². The zero-order valence-electron chi connectivity index (χ0n) is 11.0. The van der Waals surface area contributed by atoms with Crippen LogP contribution in [0.15, 0.2) is 36.4 Å². The Hall–Kier alpha value is -1.56. The summed E-state index contributed by atoms with van der Waals surface area (Å²) in [5, 5.41) is 0.0446. The first-order valence-electron chi connectivity index (χ1n) is 6.33. The summed E-state index contributed by atoms with van der Waals surface area (Å²) in [4.78, 5) is 0. The Kier molecular flexibility index (Phi) is 5.22. The fourth-order valence-corrected chi connectivity index (χ4v) is 2.27. The summed E-state index contributed by atoms with van der Waals surface area (Å²) in [6, 6.07) is 7.48. The highest BCUT2D eigenvalue weighted by Gasteiger charge is 2.12. The molecule has 0 aliphatic heterocycles. The van der Waals surface area contributed by atoms with Crippen LogP contribution in [0.4, 0.5) is 13.2 Å². The molecule has 2 rings (SSSR count). The van der Waals surface area contributed by atoms with Gasteiger partial charge in [-0.15, -0.1) is 0 Å². The van der Waals surface area contributed by atoms with Gasteiger partial charge < -0.3 is 0 Å². The SMILES string of the molecule is NNC(Cc1cc(F)cc(F)c1)Cc1ccc(Cl)c(F)c1. The van der Waals surface area contributed by atoms with Crippen LogP contribution in [0, 0.1) is 17.5 Å². The Morgan fingerprint density at radius 3 is 2.14 bits per heavy atom. The monoisotopic (exact) mass is 314 g/mol. The summed E-state index contributed by atoms with van der Waals surface area (Å²) >= 11 is 5.62. The number of benzene rings is 2. The van der Waals surface area contributed by atoms with Crippen molar-refractivity contribution < 1.29 is 13.2 Å². The van der Waals surface area contributed by atoms with Crippen molar-refractivity contribution in [2.45, 2.75) is 18.9 Å². The Morgan fingerprint density at radius 1 is 0.952 bits per heavy atom. The number of halogens is 4. The minimum atomic E-state index is -0.640. The second-order valence-corrected chi connectivity index (χ2v) is 5.21. The van der Waals surface area contributed by atoms with Gasteiger partial charge in [0.15, 0.2) is 0 Å². The lowest BCUT2D eigenvalue weighted by molar-refractivity contribution is 0.514. The molecule has 0 saturated carbocycles. The first kappa shape index (κ1) is 15.8. The lowest BCUT2D eigenvalue weighted by Gasteiger charge is -2.16. The van der Waals surface area contributed by atoms with Crippen LogP contribution in [0.3, 0.4) is 0 Å². The van der Waals surface area contributed by atoms with Crippen LogP contribution in [0.1, 0.15) is 11.1 Å². The van der Waals surface area contributed by atoms with Crippen LogP contribution in [0.5, 0.6) is 0 Å². The summed E-state index contributed by atoms with van der Waals surface area (Å²) < 4.78 is 39.7. The van der Waals surface area contributed by atoms with Gasteiger partial charge in [0.1, 0.15) is 17.5 Å². The Balaban J connectivity index is 2.10. The van der Waals surface area contributed by atoms with Gasteiger partial charge in [0.25, 0.3) is 0 Å². The third-order valence-electron chi connectivity index (χ3n) is 3.11. The molecule has 6 heteroatoms. The first-order valence-corrected chi connectivity index (χ1v) is 6.70. The number of hydrogen-bond donors (Lipinski definition) is 2. The van der Waals surface area contributed by atoms with Crippen molar-refractivity contribution in [3.05, 3.63) is 70.0 Å². The number of hydrazine groups is 1. The molecule has 21 heavy (non-hydrogen) atoms. The number of rotatable bonds is 5. The van der Waals surface area contributed by atoms with E-state index in [0.29, 0.717) is 24.0 Å². The first-order chi connectivity index (χ1) is 9.97. The van der Waals surface area contributed by atoms with Gasteiger partial charge in [0.2, 0.25) is 0 Å². The molecule has 0 aromatic heterocycles. The van der Waals surface area contributed by atoms with Gasteiger partial charge >= 0.3 is 0 Å². The lowest BCUT2D eigenvalue weighted by Crippen LogP contribution is -2.38. The van der Waals surface area contributed by atoms with Crippen molar-refractivity contribution >= 4 is 11.6 Å². The summed E-state index contributed by atoms with van der Waals surface area (Å²) in [6.07, 6.45) is 0.720. The largest absolute Gasteiger partial charge is 0.271 e. The molecule has 0 bridgehead atoms. The molecule has 112 valence electrons. The normalized spacial score (nSPS) is 12.4. The van der Waals surface area contributed by atoms with E-state index in [1.54, 1.807) is 6.07 Å². The van der Waals surface area contributed by atoms with Gasteiger partial charge in [0, 0.05) is 12.1 Å². The van der Waals surface area contributed by atoms with E-state index in [2.05, 4.69) is 5.43 Å². The van der Waals surface area contributed by atoms with Gasteiger partial charge in [-0.3, -0.25) is 11.3 Å². The van der Waals surface area contributed by atoms with E-state index >= 15 is 0 Å². The molecule has 3 N–H and O–H groups in total. The fraction of sp³-hybridized carbons (Fsp3) is 0.200. The van der Waals surface area contributed by atoms with Crippen molar-refractivity contribution in [2.75, 3.05) is 0 Å². The molecule has 2 aromatic carbocycles. The van der Waals surface area contributed by atoms with Gasteiger partial charge in [-0.05, 0) is 48.2 Å². The average molecular weight is 315 g/mol. The summed E-state index contributed by atoms with van der Waals surface area (Å²) in [6.45, 7) is 0. The van der Waals surface area contributed by atoms with Crippen LogP contribution < -0.4 is 11.3 Å². The smallest absolute Gasteiger partial charge is 0.142 e. The van der Waals surface area contributed by atoms with Gasteiger partial charge in [-0.1, -0.05) is 17.7 Å². The maximum Gasteiger partial charge on any atom is 0.142 e. The molecule has 0 aliphatic rings. The van der Waals surface area contributed by atoms with Crippen LogP contribution in [0.2, 0.25) is 5.02 Å². The molecule has 0 radical (unpaired) electrons. The number of hydrogen-bond acceptors (Lipinski definition) is 2. The summed E-state index contributed by atoms with van der Waals surface area (Å²) in [7, 11) is 0. The highest BCUT2D eigenvalue weighted by Crippen LogP contribution is 2.18. The molecule has 1 unspecified atom stereocenters. The van der Waals surface area contributed by atoms with Crippen LogP contribution in [0.25, 0.3) is 0 Å². The molecule has 0 fully saturated rings. The Labute approximate surface area is 125 Å². The van der Waals surface area contributed by atoms with E-state index in [9.17, 15) is 13.2 Å². The molecule has 1 atom stereocenters. The molecule has 2 nitrogen and oxygen atoms in total. The Bertz CT molecular complexity index is 614. The van der Waals surface area contributed by atoms with E-state index in [1.165, 1.54) is 24.3 Å². The second kappa shape index (κ2) is 6.93. The summed E-state index contributed by atoms with van der Waals surface area (Å²) in [5.41, 5.74) is 3.74. The van der Waals surface area contributed by atoms with Crippen molar-refractivity contribution in [3.8, 4) is 0 Å². The van der Waals surface area contributed by atoms with Crippen molar-refractivity contribution in [3.63, 3.8) is 0 Å². The molecular weight excluding hydrogens is 301 g/mol. The molecule has 2 aromatic rings. The van der Waals surface area contributed by atoms with E-state index in [0.717, 1.165) is 6.07 Å². The quantitative estimate of drug-likeness (QED) is 0.656. The maximum absolute atomic E-state index is 13.4. The molecule has 0 spiro atoms. The van der Waals surface area contributed by atoms with Crippen LogP contribution in [-0.2, 0) is 12.8 Å². The topological polar surface area (TPSA) is 38.0 Å². The van der Waals surface area contributed by atoms with Crippen LogP contribution >= 0.6 is 11.6 Å². The van der Waals surface area contributed by atoms with E-state index in [4.69, 9.17) is 17.4 Å². The average Bonchev–Trinajstić information content (AvgIpc) is 2.41. The van der Waals surface area contributed by atoms with Crippen LogP contribution in [-0.4, -0.2) is 6.04 Å². The minimum absolute atomic E-state index is 0.0446. The standard InChI is InChI=1S/C15H14ClF3N2/c16-14-2-1-9(7-15(14)19)5-13(21-20)6-10-3-11(17)8-12(18)4-10/h1-4,7-8,13,21H,5-6,20H2. The highest BCUT2D eigenvalue weighted by atomic mass is 35.5. The fourth-order valence-electron chi connectivity index (χ4n) is 2.15. The van der Waals surface area contributed by atoms with Crippen molar-refractivity contribution in [1.82, 2.24) is 5.43 Å². The summed E-state index contributed by atoms with van der Waals surface area (Å²) in [5.74, 6) is 3.66. The third kappa shape index (κ3) is 4.46. The minimum Gasteiger partial charge on any atom is -0.271 e.